The zero-order chi connectivity index (χ0) is 19.7. The number of para-hydroxylation sites is 1. The quantitative estimate of drug-likeness (QED) is 0.501. The number of esters is 1. The molecule has 0 saturated heterocycles. The van der Waals surface area contributed by atoms with Crippen LogP contribution < -0.4 is 5.73 Å². The Labute approximate surface area is 165 Å². The van der Waals surface area contributed by atoms with Crippen LogP contribution in [-0.4, -0.2) is 21.8 Å². The third-order valence-electron chi connectivity index (χ3n) is 4.42. The summed E-state index contributed by atoms with van der Waals surface area (Å²) < 4.78 is 5.49. The van der Waals surface area contributed by atoms with E-state index in [0.717, 1.165) is 27.2 Å². The van der Waals surface area contributed by atoms with Gasteiger partial charge in [0.05, 0.1) is 11.3 Å². The number of primary amides is 1. The average Bonchev–Trinajstić information content (AvgIpc) is 3.30. The van der Waals surface area contributed by atoms with Crippen molar-refractivity contribution in [3.05, 3.63) is 76.4 Å². The molecular formula is C21H17N3O3S. The Morgan fingerprint density at radius 1 is 1.14 bits per heavy atom. The molecule has 0 fully saturated rings. The minimum absolute atomic E-state index is 0.0909. The number of amides is 1. The van der Waals surface area contributed by atoms with Crippen molar-refractivity contribution in [3.63, 3.8) is 0 Å². The van der Waals surface area contributed by atoms with E-state index in [1.165, 1.54) is 11.3 Å². The summed E-state index contributed by atoms with van der Waals surface area (Å²) in [6, 6.07) is 14.6. The fourth-order valence-electron chi connectivity index (χ4n) is 3.03. The van der Waals surface area contributed by atoms with Gasteiger partial charge < -0.3 is 15.5 Å². The minimum atomic E-state index is -0.467. The molecule has 0 aliphatic rings. The number of H-pyrrole nitrogens is 1. The number of nitrogens with zero attached hydrogens (tertiary/aromatic N) is 1. The third-order valence-corrected chi connectivity index (χ3v) is 5.36. The summed E-state index contributed by atoms with van der Waals surface area (Å²) in [5, 5.41) is 3.48. The molecule has 0 spiro atoms. The van der Waals surface area contributed by atoms with Crippen LogP contribution in [0.2, 0.25) is 0 Å². The van der Waals surface area contributed by atoms with Gasteiger partial charge in [0.25, 0.3) is 0 Å². The number of carbonyl (C=O) groups excluding carboxylic acids is 2. The maximum atomic E-state index is 12.6. The highest BCUT2D eigenvalue weighted by Crippen LogP contribution is 2.26. The number of ether oxygens (including phenoxy) is 1. The summed E-state index contributed by atoms with van der Waals surface area (Å²) in [5.41, 5.74) is 9.48. The molecule has 3 N–H and O–H groups in total. The molecule has 0 aliphatic heterocycles. The zero-order valence-corrected chi connectivity index (χ0v) is 15.9. The highest BCUT2D eigenvalue weighted by atomic mass is 32.1. The highest BCUT2D eigenvalue weighted by Gasteiger charge is 2.17. The lowest BCUT2D eigenvalue weighted by molar-refractivity contribution is 0.0470. The van der Waals surface area contributed by atoms with Crippen molar-refractivity contribution in [1.82, 2.24) is 9.97 Å². The van der Waals surface area contributed by atoms with Crippen molar-refractivity contribution >= 4 is 34.1 Å². The first-order valence-electron chi connectivity index (χ1n) is 8.62. The maximum Gasteiger partial charge on any atom is 0.340 e. The van der Waals surface area contributed by atoms with Gasteiger partial charge in [-0.2, -0.15) is 0 Å². The van der Waals surface area contributed by atoms with Gasteiger partial charge in [0.15, 0.2) is 0 Å². The number of nitrogens with two attached hydrogens (primary N) is 1. The van der Waals surface area contributed by atoms with Crippen LogP contribution in [0.3, 0.4) is 0 Å². The van der Waals surface area contributed by atoms with E-state index in [9.17, 15) is 9.59 Å². The minimum Gasteiger partial charge on any atom is -0.455 e. The molecule has 0 unspecified atom stereocenters. The lowest BCUT2D eigenvalue weighted by atomic mass is 10.1. The molecule has 7 heteroatoms. The highest BCUT2D eigenvalue weighted by molar-refractivity contribution is 7.13. The van der Waals surface area contributed by atoms with Crippen LogP contribution in [-0.2, 0) is 11.3 Å². The van der Waals surface area contributed by atoms with E-state index in [2.05, 4.69) is 9.97 Å². The van der Waals surface area contributed by atoms with Crippen molar-refractivity contribution in [3.8, 4) is 10.6 Å². The molecule has 28 heavy (non-hydrogen) atoms. The topological polar surface area (TPSA) is 98.1 Å². The second-order valence-corrected chi connectivity index (χ2v) is 7.19. The number of aromatic amines is 1. The number of fused-ring (bicyclic) bond motifs is 1. The molecule has 140 valence electrons. The first-order chi connectivity index (χ1) is 13.5. The largest absolute Gasteiger partial charge is 0.455 e. The lowest BCUT2D eigenvalue weighted by Gasteiger charge is -2.03. The number of aryl methyl sites for hydroxylation is 1. The average molecular weight is 391 g/mol. The predicted molar refractivity (Wildman–Crippen MR) is 108 cm³/mol. The summed E-state index contributed by atoms with van der Waals surface area (Å²) in [4.78, 5) is 31.5. The Balaban J connectivity index is 1.47. The number of hydrogen-bond acceptors (Lipinski definition) is 5. The molecule has 6 nitrogen and oxygen atoms in total. The van der Waals surface area contributed by atoms with Crippen molar-refractivity contribution in [2.45, 2.75) is 13.5 Å². The molecule has 0 saturated carbocycles. The van der Waals surface area contributed by atoms with Crippen molar-refractivity contribution in [2.24, 2.45) is 5.73 Å². The Morgan fingerprint density at radius 2 is 1.89 bits per heavy atom. The van der Waals surface area contributed by atoms with Gasteiger partial charge in [0, 0.05) is 33.1 Å². The van der Waals surface area contributed by atoms with Gasteiger partial charge in [-0.3, -0.25) is 4.79 Å². The Morgan fingerprint density at radius 3 is 2.64 bits per heavy atom. The van der Waals surface area contributed by atoms with Crippen LogP contribution in [0, 0.1) is 6.92 Å². The monoisotopic (exact) mass is 391 g/mol. The van der Waals surface area contributed by atoms with E-state index < -0.39 is 5.91 Å². The number of hydrogen-bond donors (Lipinski definition) is 2. The summed E-state index contributed by atoms with van der Waals surface area (Å²) in [5.74, 6) is -0.846. The van der Waals surface area contributed by atoms with Gasteiger partial charge in [-0.25, -0.2) is 9.78 Å². The smallest absolute Gasteiger partial charge is 0.340 e. The molecule has 2 aromatic heterocycles. The Bertz CT molecular complexity index is 1180. The molecule has 0 aliphatic carbocycles. The van der Waals surface area contributed by atoms with Gasteiger partial charge in [0.2, 0.25) is 5.91 Å². The van der Waals surface area contributed by atoms with Crippen LogP contribution in [0.5, 0.6) is 0 Å². The predicted octanol–water partition coefficient (Wildman–Crippen LogP) is 4.06. The summed E-state index contributed by atoms with van der Waals surface area (Å²) in [6.45, 7) is 1.95. The van der Waals surface area contributed by atoms with Crippen molar-refractivity contribution in [2.75, 3.05) is 0 Å². The van der Waals surface area contributed by atoms with Gasteiger partial charge in [-0.1, -0.05) is 30.3 Å². The van der Waals surface area contributed by atoms with Crippen LogP contribution in [0.15, 0.2) is 53.9 Å². The molecule has 4 rings (SSSR count). The normalized spacial score (nSPS) is 10.9. The van der Waals surface area contributed by atoms with E-state index in [1.54, 1.807) is 24.3 Å². The standard InChI is InChI=1S/C21H17N3O3S/c1-12-18(16-4-2-3-5-17(16)23-12)21(26)27-10-15-11-28-20(24-15)14-8-6-13(7-9-14)19(22)25/h2-9,11,23H,10H2,1H3,(H2,22,25). The SMILES string of the molecule is Cc1[nH]c2ccccc2c1C(=O)OCc1csc(-c2ccc(C(N)=O)cc2)n1. The zero-order valence-electron chi connectivity index (χ0n) is 15.1. The van der Waals surface area contributed by atoms with Gasteiger partial charge >= 0.3 is 5.97 Å². The fraction of sp³-hybridized carbons (Fsp3) is 0.0952. The number of rotatable bonds is 5. The van der Waals surface area contributed by atoms with Crippen LogP contribution in [0.4, 0.5) is 0 Å². The van der Waals surface area contributed by atoms with E-state index in [4.69, 9.17) is 10.5 Å². The molecule has 0 radical (unpaired) electrons. The van der Waals surface area contributed by atoms with Crippen LogP contribution in [0.25, 0.3) is 21.5 Å². The van der Waals surface area contributed by atoms with Crippen LogP contribution >= 0.6 is 11.3 Å². The third kappa shape index (κ3) is 3.39. The molecule has 0 atom stereocenters. The van der Waals surface area contributed by atoms with Gasteiger partial charge in [-0.05, 0) is 25.1 Å². The van der Waals surface area contributed by atoms with Gasteiger partial charge in [-0.15, -0.1) is 11.3 Å². The number of nitrogens with one attached hydrogen (secondary N) is 1. The molecule has 1 amide bonds. The number of thiazole rings is 1. The van der Waals surface area contributed by atoms with Crippen LogP contribution in [0.1, 0.15) is 32.1 Å². The number of carbonyl (C=O) groups is 2. The van der Waals surface area contributed by atoms with Gasteiger partial charge in [0.1, 0.15) is 11.6 Å². The second kappa shape index (κ2) is 7.28. The second-order valence-electron chi connectivity index (χ2n) is 6.33. The number of benzene rings is 2. The molecule has 4 aromatic rings. The van der Waals surface area contributed by atoms with E-state index in [-0.39, 0.29) is 12.6 Å². The lowest BCUT2D eigenvalue weighted by Crippen LogP contribution is -2.10. The Kier molecular flexibility index (Phi) is 4.67. The summed E-state index contributed by atoms with van der Waals surface area (Å²) in [7, 11) is 0. The molecular weight excluding hydrogens is 374 g/mol. The van der Waals surface area contributed by atoms with E-state index in [0.29, 0.717) is 16.8 Å². The molecule has 2 aromatic carbocycles. The van der Waals surface area contributed by atoms with Crippen molar-refractivity contribution < 1.29 is 14.3 Å². The fourth-order valence-corrected chi connectivity index (χ4v) is 3.84. The number of aromatic nitrogens is 2. The van der Waals surface area contributed by atoms with Crippen molar-refractivity contribution in [1.29, 1.82) is 0 Å². The van der Waals surface area contributed by atoms with E-state index >= 15 is 0 Å². The first kappa shape index (κ1) is 17.9. The Hall–Kier alpha value is -3.45. The first-order valence-corrected chi connectivity index (χ1v) is 9.50. The molecule has 0 bridgehead atoms. The summed E-state index contributed by atoms with van der Waals surface area (Å²) in [6.07, 6.45) is 0. The molecule has 2 heterocycles. The summed E-state index contributed by atoms with van der Waals surface area (Å²) >= 11 is 1.45. The van der Waals surface area contributed by atoms with E-state index in [1.807, 2.05) is 36.6 Å². The maximum absolute atomic E-state index is 12.6.